The van der Waals surface area contributed by atoms with Crippen molar-refractivity contribution in [3.05, 3.63) is 34.6 Å². The quantitative estimate of drug-likeness (QED) is 0.465. The Kier molecular flexibility index (Phi) is 7.00. The van der Waals surface area contributed by atoms with Crippen LogP contribution in [0.4, 0.5) is 0 Å². The molecule has 6 nitrogen and oxygen atoms in total. The van der Waals surface area contributed by atoms with Crippen molar-refractivity contribution in [2.75, 3.05) is 0 Å². The first kappa shape index (κ1) is 21.4. The van der Waals surface area contributed by atoms with E-state index in [9.17, 15) is 19.8 Å². The minimum atomic E-state index is -0.978. The number of hydrogen-bond donors (Lipinski definition) is 3. The van der Waals surface area contributed by atoms with Crippen LogP contribution in [0.5, 0.6) is 0 Å². The highest BCUT2D eigenvalue weighted by atomic mass is 16.5. The number of aliphatic hydroxyl groups is 2. The molecule has 27 heavy (non-hydrogen) atoms. The SMILES string of the molecule is CC(=CCC[C@]1(C)OC2=C(C[C@@H]1O)C(=O)[C@H](O)CC2)CCC=C(C)C(=O)O. The van der Waals surface area contributed by atoms with Crippen molar-refractivity contribution >= 4 is 11.8 Å². The molecule has 0 saturated heterocycles. The van der Waals surface area contributed by atoms with E-state index >= 15 is 0 Å². The van der Waals surface area contributed by atoms with E-state index in [1.807, 2.05) is 13.8 Å². The Morgan fingerprint density at radius 3 is 2.63 bits per heavy atom. The molecule has 1 aliphatic heterocycles. The number of Topliss-reactive ketones (excluding diaryl/α,β-unsaturated/α-hetero) is 1. The lowest BCUT2D eigenvalue weighted by molar-refractivity contribution is -0.134. The predicted molar refractivity (Wildman–Crippen MR) is 101 cm³/mol. The minimum absolute atomic E-state index is 0.226. The van der Waals surface area contributed by atoms with Gasteiger partial charge < -0.3 is 20.1 Å². The third-order valence-electron chi connectivity index (χ3n) is 5.50. The number of aliphatic hydroxyl groups excluding tert-OH is 2. The molecular weight excluding hydrogens is 348 g/mol. The number of ketones is 1. The Bertz CT molecular complexity index is 687. The van der Waals surface area contributed by atoms with Crippen LogP contribution in [0.1, 0.15) is 65.7 Å². The molecule has 0 unspecified atom stereocenters. The van der Waals surface area contributed by atoms with Crippen LogP contribution in [0.15, 0.2) is 34.6 Å². The van der Waals surface area contributed by atoms with Crippen molar-refractivity contribution in [2.24, 2.45) is 0 Å². The maximum Gasteiger partial charge on any atom is 0.330 e. The van der Waals surface area contributed by atoms with Crippen LogP contribution < -0.4 is 0 Å². The van der Waals surface area contributed by atoms with Crippen molar-refractivity contribution < 1.29 is 29.6 Å². The lowest BCUT2D eigenvalue weighted by Gasteiger charge is -2.42. The van der Waals surface area contributed by atoms with Gasteiger partial charge in [-0.25, -0.2) is 4.79 Å². The summed E-state index contributed by atoms with van der Waals surface area (Å²) >= 11 is 0. The average molecular weight is 378 g/mol. The average Bonchev–Trinajstić information content (AvgIpc) is 2.60. The Morgan fingerprint density at radius 2 is 1.96 bits per heavy atom. The minimum Gasteiger partial charge on any atom is -0.489 e. The van der Waals surface area contributed by atoms with Gasteiger partial charge in [-0.15, -0.1) is 0 Å². The predicted octanol–water partition coefficient (Wildman–Crippen LogP) is 3.04. The molecular formula is C21H30O6. The van der Waals surface area contributed by atoms with E-state index < -0.39 is 23.8 Å². The summed E-state index contributed by atoms with van der Waals surface area (Å²) < 4.78 is 6.02. The molecule has 0 bridgehead atoms. The highest BCUT2D eigenvalue weighted by Gasteiger charge is 2.44. The molecule has 0 fully saturated rings. The number of ether oxygens (including phenoxy) is 1. The fourth-order valence-electron chi connectivity index (χ4n) is 3.50. The van der Waals surface area contributed by atoms with Gasteiger partial charge in [-0.05, 0) is 52.9 Å². The molecule has 0 aromatic heterocycles. The summed E-state index contributed by atoms with van der Waals surface area (Å²) in [6, 6.07) is 0. The summed E-state index contributed by atoms with van der Waals surface area (Å²) in [4.78, 5) is 22.8. The van der Waals surface area contributed by atoms with Crippen LogP contribution in [0, 0.1) is 0 Å². The third-order valence-corrected chi connectivity index (χ3v) is 5.50. The van der Waals surface area contributed by atoms with Crippen molar-refractivity contribution in [3.8, 4) is 0 Å². The summed E-state index contributed by atoms with van der Waals surface area (Å²) in [6.07, 6.45) is 5.95. The summed E-state index contributed by atoms with van der Waals surface area (Å²) in [5, 5.41) is 29.1. The summed E-state index contributed by atoms with van der Waals surface area (Å²) in [7, 11) is 0. The van der Waals surface area contributed by atoms with Crippen LogP contribution in [0.2, 0.25) is 0 Å². The number of carbonyl (C=O) groups is 2. The highest BCUT2D eigenvalue weighted by Crippen LogP contribution is 2.40. The van der Waals surface area contributed by atoms with E-state index in [0.29, 0.717) is 42.6 Å². The Morgan fingerprint density at radius 1 is 1.26 bits per heavy atom. The summed E-state index contributed by atoms with van der Waals surface area (Å²) in [5.41, 5.74) is 1.20. The molecule has 0 aromatic rings. The largest absolute Gasteiger partial charge is 0.489 e. The molecule has 6 heteroatoms. The van der Waals surface area contributed by atoms with Crippen molar-refractivity contribution in [1.82, 2.24) is 0 Å². The van der Waals surface area contributed by atoms with Crippen LogP contribution in [0.3, 0.4) is 0 Å². The molecule has 2 rings (SSSR count). The van der Waals surface area contributed by atoms with Gasteiger partial charge in [0.15, 0.2) is 5.78 Å². The fourth-order valence-corrected chi connectivity index (χ4v) is 3.50. The molecule has 0 spiro atoms. The third kappa shape index (κ3) is 5.30. The number of hydrogen-bond acceptors (Lipinski definition) is 5. The van der Waals surface area contributed by atoms with Crippen LogP contribution in [0.25, 0.3) is 0 Å². The van der Waals surface area contributed by atoms with E-state index in [4.69, 9.17) is 9.84 Å². The maximum atomic E-state index is 12.1. The van der Waals surface area contributed by atoms with Crippen LogP contribution >= 0.6 is 0 Å². The van der Waals surface area contributed by atoms with E-state index in [-0.39, 0.29) is 12.2 Å². The standard InChI is InChI=1S/C21H30O6/c1-13(6-4-8-14(2)20(25)26)7-5-11-21(3)18(23)12-15-17(27-21)10-9-16(22)19(15)24/h7-8,16,18,22-23H,4-6,9-12H2,1-3H3,(H,25,26)/t16-,18+,21+/m1/s1. The topological polar surface area (TPSA) is 104 Å². The van der Waals surface area contributed by atoms with Gasteiger partial charge in [0.05, 0.1) is 6.10 Å². The monoisotopic (exact) mass is 378 g/mol. The maximum absolute atomic E-state index is 12.1. The van der Waals surface area contributed by atoms with Gasteiger partial charge >= 0.3 is 5.97 Å². The van der Waals surface area contributed by atoms with E-state index in [0.717, 1.165) is 18.4 Å². The Labute approximate surface area is 160 Å². The smallest absolute Gasteiger partial charge is 0.330 e. The molecule has 0 radical (unpaired) electrons. The fraction of sp³-hybridized carbons (Fsp3) is 0.619. The highest BCUT2D eigenvalue weighted by molar-refractivity contribution is 6.00. The van der Waals surface area contributed by atoms with Crippen molar-refractivity contribution in [1.29, 1.82) is 0 Å². The zero-order valence-electron chi connectivity index (χ0n) is 16.3. The molecule has 2 aliphatic rings. The van der Waals surface area contributed by atoms with E-state index in [1.165, 1.54) is 0 Å². The molecule has 1 heterocycles. The van der Waals surface area contributed by atoms with Gasteiger partial charge in [0.1, 0.15) is 17.5 Å². The summed E-state index contributed by atoms with van der Waals surface area (Å²) in [6.45, 7) is 5.45. The second-order valence-electron chi connectivity index (χ2n) is 7.78. The second-order valence-corrected chi connectivity index (χ2v) is 7.78. The zero-order valence-corrected chi connectivity index (χ0v) is 16.3. The molecule has 150 valence electrons. The number of carboxylic acids is 1. The molecule has 1 aliphatic carbocycles. The number of rotatable bonds is 7. The van der Waals surface area contributed by atoms with Gasteiger partial charge in [0, 0.05) is 24.0 Å². The summed E-state index contributed by atoms with van der Waals surface area (Å²) in [5.74, 6) is -0.596. The van der Waals surface area contributed by atoms with Gasteiger partial charge in [-0.1, -0.05) is 17.7 Å². The van der Waals surface area contributed by atoms with E-state index in [2.05, 4.69) is 6.08 Å². The number of allylic oxidation sites excluding steroid dienone is 4. The normalized spacial score (nSPS) is 29.4. The zero-order chi connectivity index (χ0) is 20.2. The van der Waals surface area contributed by atoms with Gasteiger partial charge in [-0.2, -0.15) is 0 Å². The molecule has 3 atom stereocenters. The lowest BCUT2D eigenvalue weighted by Crippen LogP contribution is -2.48. The van der Waals surface area contributed by atoms with Gasteiger partial charge in [0.2, 0.25) is 0 Å². The second kappa shape index (κ2) is 8.85. The van der Waals surface area contributed by atoms with E-state index in [1.54, 1.807) is 13.0 Å². The molecule has 3 N–H and O–H groups in total. The van der Waals surface area contributed by atoms with Gasteiger partial charge in [0.25, 0.3) is 0 Å². The lowest BCUT2D eigenvalue weighted by atomic mass is 9.81. The molecule has 0 saturated carbocycles. The molecule has 0 aromatic carbocycles. The Hall–Kier alpha value is -1.92. The van der Waals surface area contributed by atoms with Crippen LogP contribution in [-0.4, -0.2) is 44.9 Å². The van der Waals surface area contributed by atoms with Crippen LogP contribution in [-0.2, 0) is 14.3 Å². The van der Waals surface area contributed by atoms with Crippen molar-refractivity contribution in [3.63, 3.8) is 0 Å². The first-order valence-corrected chi connectivity index (χ1v) is 9.51. The number of carboxylic acid groups (broad SMARTS) is 1. The molecule has 0 amide bonds. The Balaban J connectivity index is 1.91. The van der Waals surface area contributed by atoms with Gasteiger partial charge in [-0.3, -0.25) is 4.79 Å². The number of aliphatic carboxylic acids is 1. The first-order chi connectivity index (χ1) is 12.6. The number of carbonyl (C=O) groups excluding carboxylic acids is 1. The first-order valence-electron chi connectivity index (χ1n) is 9.51. The van der Waals surface area contributed by atoms with Crippen molar-refractivity contribution in [2.45, 2.75) is 83.5 Å².